The van der Waals surface area contributed by atoms with Crippen molar-refractivity contribution in [1.82, 2.24) is 0 Å². The summed E-state index contributed by atoms with van der Waals surface area (Å²) in [6.45, 7) is 8.91. The van der Waals surface area contributed by atoms with Gasteiger partial charge in [-0.3, -0.25) is 4.79 Å². The lowest BCUT2D eigenvalue weighted by Crippen LogP contribution is -2.83. The van der Waals surface area contributed by atoms with Crippen molar-refractivity contribution in [2.24, 2.45) is 5.41 Å². The Morgan fingerprint density at radius 3 is 2.06 bits per heavy atom. The molecular weight excluding hydrogens is 656 g/mol. The van der Waals surface area contributed by atoms with E-state index in [2.05, 4.69) is 12.2 Å². The minimum Gasteiger partial charge on any atom is -0.542 e. The Kier molecular flexibility index (Phi) is 13.0. The number of hydrogen-bond acceptors (Lipinski definition) is 7. The van der Waals surface area contributed by atoms with Crippen molar-refractivity contribution < 1.29 is 55.5 Å². The topological polar surface area (TPSA) is 130 Å². The first-order chi connectivity index (χ1) is 22.5. The highest BCUT2D eigenvalue weighted by Crippen LogP contribution is 2.42. The Morgan fingerprint density at radius 1 is 1.00 bits per heavy atom. The van der Waals surface area contributed by atoms with E-state index in [1.54, 1.807) is 41.3 Å². The Labute approximate surface area is 277 Å². The maximum Gasteiger partial charge on any atom is 0.430 e. The number of amides is 1. The van der Waals surface area contributed by atoms with Gasteiger partial charge in [-0.15, -0.1) is 0 Å². The van der Waals surface area contributed by atoms with Crippen LogP contribution in [0.1, 0.15) is 45.6 Å². The van der Waals surface area contributed by atoms with Crippen molar-refractivity contribution in [3.05, 3.63) is 72.0 Å². The number of carboxylic acid groups (broad SMARTS) is 1. The van der Waals surface area contributed by atoms with Gasteiger partial charge >= 0.3 is 6.18 Å². The van der Waals surface area contributed by atoms with Crippen LogP contribution in [-0.4, -0.2) is 59.0 Å². The number of alkyl halides is 3. The van der Waals surface area contributed by atoms with Gasteiger partial charge in [-0.05, 0) is 62.2 Å². The van der Waals surface area contributed by atoms with Crippen LogP contribution in [0, 0.1) is 11.2 Å². The fraction of sp³-hybridized carbons (Fsp3) is 0.412. The fourth-order valence-electron chi connectivity index (χ4n) is 5.57. The maximum absolute atomic E-state index is 13.6. The Bertz CT molecular complexity index is 1650. The number of quaternary nitrogens is 1. The zero-order valence-electron chi connectivity index (χ0n) is 27.2. The van der Waals surface area contributed by atoms with Crippen LogP contribution >= 0.6 is 0 Å². The molecule has 1 fully saturated rings. The molecule has 1 aliphatic heterocycles. The number of para-hydroxylation sites is 1. The smallest absolute Gasteiger partial charge is 0.430 e. The Balaban J connectivity index is 0.000000804. The number of carbonyl (C=O) groups excluding carboxylic acids is 2. The van der Waals surface area contributed by atoms with Gasteiger partial charge in [-0.2, -0.15) is 13.2 Å². The maximum atomic E-state index is 13.6. The molecule has 1 saturated heterocycles. The van der Waals surface area contributed by atoms with E-state index in [0.717, 1.165) is 36.1 Å². The molecule has 48 heavy (non-hydrogen) atoms. The third kappa shape index (κ3) is 9.92. The number of nitrogens with two attached hydrogens (primary N) is 1. The van der Waals surface area contributed by atoms with Gasteiger partial charge < -0.3 is 29.6 Å². The molecule has 0 spiro atoms. The van der Waals surface area contributed by atoms with Crippen molar-refractivity contribution in [2.45, 2.75) is 57.7 Å². The Hall–Kier alpha value is -4.17. The first-order valence-electron chi connectivity index (χ1n) is 15.4. The molecular formula is C34H40F4N2O7S. The van der Waals surface area contributed by atoms with Crippen LogP contribution in [0.15, 0.2) is 65.6 Å². The summed E-state index contributed by atoms with van der Waals surface area (Å²) in [5, 5.41) is 11.0. The highest BCUT2D eigenvalue weighted by molar-refractivity contribution is 7.90. The molecule has 262 valence electrons. The molecule has 1 heterocycles. The summed E-state index contributed by atoms with van der Waals surface area (Å²) in [7, 11) is -3.47. The van der Waals surface area contributed by atoms with E-state index in [0.29, 0.717) is 49.9 Å². The molecule has 0 bridgehead atoms. The number of sulfone groups is 1. The lowest BCUT2D eigenvalue weighted by molar-refractivity contribution is -0.672. The lowest BCUT2D eigenvalue weighted by atomic mass is 9.81. The molecule has 0 radical (unpaired) electrons. The summed E-state index contributed by atoms with van der Waals surface area (Å²) >= 11 is 0. The second-order valence-electron chi connectivity index (χ2n) is 11.4. The first-order valence-corrected chi connectivity index (χ1v) is 17.3. The van der Waals surface area contributed by atoms with E-state index in [4.69, 9.17) is 19.4 Å². The zero-order valence-corrected chi connectivity index (χ0v) is 28.0. The number of rotatable bonds is 13. The molecule has 0 aliphatic carbocycles. The predicted octanol–water partition coefficient (Wildman–Crippen LogP) is 4.28. The average Bonchev–Trinajstić information content (AvgIpc) is 3.36. The number of carbonyl (C=O) groups is 2. The zero-order chi connectivity index (χ0) is 35.7. The van der Waals surface area contributed by atoms with Crippen LogP contribution in [-0.2, 0) is 26.0 Å². The standard InChI is InChI=1S/C32H39FN2O5S.C2HF3O2/c1-5-32(20-30(36)35(22-32)26-10-8-9-11-29(26)41(4,37)38)16-17-34-21-23-18-27(39-6-2)31(28(19-23)40-7-3)24-12-14-25(33)15-13-24;3-2(4,5)1(6)7/h8-15,18-19,34H,5-7,16-17,20-22H2,1-4H3;(H,6,7). The summed E-state index contributed by atoms with van der Waals surface area (Å²) in [5.41, 5.74) is 2.91. The average molecular weight is 697 g/mol. The summed E-state index contributed by atoms with van der Waals surface area (Å²) in [5.74, 6) is -1.96. The number of carboxylic acids is 1. The summed E-state index contributed by atoms with van der Waals surface area (Å²) in [6, 6.07) is 17.1. The number of aliphatic carboxylic acids is 1. The van der Waals surface area contributed by atoms with Gasteiger partial charge in [0, 0.05) is 36.6 Å². The van der Waals surface area contributed by atoms with E-state index >= 15 is 0 Å². The summed E-state index contributed by atoms with van der Waals surface area (Å²) in [4.78, 5) is 23.7. The monoisotopic (exact) mass is 696 g/mol. The third-order valence-electron chi connectivity index (χ3n) is 7.97. The first kappa shape index (κ1) is 38.3. The molecule has 1 aliphatic rings. The van der Waals surface area contributed by atoms with E-state index in [9.17, 15) is 30.8 Å². The fourth-order valence-corrected chi connectivity index (χ4v) is 6.45. The quantitative estimate of drug-likeness (QED) is 0.209. The van der Waals surface area contributed by atoms with Crippen molar-refractivity contribution in [1.29, 1.82) is 0 Å². The van der Waals surface area contributed by atoms with Crippen molar-refractivity contribution in [3.63, 3.8) is 0 Å². The minimum atomic E-state index is -5.19. The molecule has 0 saturated carbocycles. The van der Waals surface area contributed by atoms with Crippen LogP contribution in [0.25, 0.3) is 11.1 Å². The molecule has 2 N–H and O–H groups in total. The molecule has 1 amide bonds. The van der Waals surface area contributed by atoms with E-state index < -0.39 is 22.0 Å². The van der Waals surface area contributed by atoms with Crippen LogP contribution < -0.4 is 24.8 Å². The van der Waals surface area contributed by atoms with Crippen molar-refractivity contribution in [2.75, 3.05) is 37.5 Å². The highest BCUT2D eigenvalue weighted by atomic mass is 32.2. The third-order valence-corrected chi connectivity index (χ3v) is 9.12. The van der Waals surface area contributed by atoms with E-state index in [1.165, 1.54) is 18.4 Å². The molecule has 14 heteroatoms. The molecule has 1 unspecified atom stereocenters. The number of ether oxygens (including phenoxy) is 2. The van der Waals surface area contributed by atoms with Crippen molar-refractivity contribution in [3.8, 4) is 22.6 Å². The Morgan fingerprint density at radius 2 is 1.56 bits per heavy atom. The lowest BCUT2D eigenvalue weighted by Gasteiger charge is -2.27. The van der Waals surface area contributed by atoms with E-state index in [1.807, 2.05) is 26.0 Å². The number of nitrogens with zero attached hydrogens (tertiary/aromatic N) is 1. The molecule has 1 atom stereocenters. The summed E-state index contributed by atoms with van der Waals surface area (Å²) in [6.07, 6.45) is -1.99. The largest absolute Gasteiger partial charge is 0.542 e. The van der Waals surface area contributed by atoms with E-state index in [-0.39, 0.29) is 22.0 Å². The van der Waals surface area contributed by atoms with Gasteiger partial charge in [-0.1, -0.05) is 31.2 Å². The molecule has 3 aromatic carbocycles. The van der Waals surface area contributed by atoms with Gasteiger partial charge in [0.05, 0.1) is 35.9 Å². The van der Waals surface area contributed by atoms with Crippen LogP contribution in [0.4, 0.5) is 23.2 Å². The van der Waals surface area contributed by atoms with Crippen LogP contribution in [0.5, 0.6) is 11.5 Å². The van der Waals surface area contributed by atoms with Crippen LogP contribution in [0.3, 0.4) is 0 Å². The normalized spacial score (nSPS) is 16.3. The predicted molar refractivity (Wildman–Crippen MR) is 170 cm³/mol. The van der Waals surface area contributed by atoms with Crippen LogP contribution in [0.2, 0.25) is 0 Å². The number of halogens is 4. The van der Waals surface area contributed by atoms with Gasteiger partial charge in [0.2, 0.25) is 5.91 Å². The van der Waals surface area contributed by atoms with Crippen molar-refractivity contribution >= 4 is 27.4 Å². The van der Waals surface area contributed by atoms with Gasteiger partial charge in [0.25, 0.3) is 0 Å². The number of anilines is 1. The number of hydrogen-bond donors (Lipinski definition) is 1. The SMILES string of the molecule is CCOc1cc(C[NH2+]CCC2(CC)CC(=O)N(c3ccccc3S(C)(=O)=O)C2)cc(OCC)c1-c1ccc(F)cc1.O=C([O-])C(F)(F)F. The molecule has 9 nitrogen and oxygen atoms in total. The van der Waals surface area contributed by atoms with Gasteiger partial charge in [0.1, 0.15) is 29.8 Å². The number of benzene rings is 3. The second-order valence-corrected chi connectivity index (χ2v) is 13.4. The highest BCUT2D eigenvalue weighted by Gasteiger charge is 2.43. The van der Waals surface area contributed by atoms with Gasteiger partial charge in [0.15, 0.2) is 9.84 Å². The molecule has 0 aromatic heterocycles. The molecule has 3 aromatic rings. The molecule has 4 rings (SSSR count). The summed E-state index contributed by atoms with van der Waals surface area (Å²) < 4.78 is 81.8. The second kappa shape index (κ2) is 16.3. The minimum absolute atomic E-state index is 0.0398. The van der Waals surface area contributed by atoms with Gasteiger partial charge in [-0.25, -0.2) is 12.8 Å².